The first-order valence-corrected chi connectivity index (χ1v) is 6.09. The van der Waals surface area contributed by atoms with Crippen molar-refractivity contribution in [1.82, 2.24) is 4.90 Å². The topological polar surface area (TPSA) is 74.7 Å². The average Bonchev–Trinajstić information content (AvgIpc) is 2.53. The van der Waals surface area contributed by atoms with E-state index in [1.54, 1.807) is 6.92 Å². The molecule has 5 heteroatoms. The average molecular weight is 239 g/mol. The van der Waals surface area contributed by atoms with Crippen LogP contribution in [0.4, 0.5) is 0 Å². The number of hydrogen-bond donors (Lipinski definition) is 1. The Balaban J connectivity index is 1.99. The molecule has 0 bridgehead atoms. The van der Waals surface area contributed by atoms with Crippen molar-refractivity contribution in [2.75, 3.05) is 0 Å². The molecule has 2 rings (SSSR count). The third kappa shape index (κ3) is 2.18. The van der Waals surface area contributed by atoms with Crippen LogP contribution in [0.5, 0.6) is 0 Å². The Morgan fingerprint density at radius 2 is 1.82 bits per heavy atom. The maximum absolute atomic E-state index is 11.8. The summed E-state index contributed by atoms with van der Waals surface area (Å²) in [5.41, 5.74) is 0. The molecule has 1 saturated heterocycles. The number of aliphatic carboxylic acids is 1. The number of carbonyl (C=O) groups is 3. The lowest BCUT2D eigenvalue weighted by molar-refractivity contribution is -0.145. The maximum atomic E-state index is 11.8. The van der Waals surface area contributed by atoms with Crippen LogP contribution in [0.3, 0.4) is 0 Å². The van der Waals surface area contributed by atoms with E-state index in [-0.39, 0.29) is 29.7 Å². The largest absolute Gasteiger partial charge is 0.481 e. The number of likely N-dealkylation sites (tertiary alicyclic amines) is 1. The number of nitrogens with zero attached hydrogens (tertiary/aromatic N) is 1. The van der Waals surface area contributed by atoms with Gasteiger partial charge in [-0.3, -0.25) is 19.3 Å². The van der Waals surface area contributed by atoms with Gasteiger partial charge in [-0.15, -0.1) is 0 Å². The number of amides is 2. The van der Waals surface area contributed by atoms with E-state index < -0.39 is 5.97 Å². The molecule has 1 aliphatic carbocycles. The zero-order valence-electron chi connectivity index (χ0n) is 9.89. The fourth-order valence-electron chi connectivity index (χ4n) is 2.77. The van der Waals surface area contributed by atoms with Crippen molar-refractivity contribution in [3.63, 3.8) is 0 Å². The molecule has 2 fully saturated rings. The van der Waals surface area contributed by atoms with Crippen LogP contribution in [-0.4, -0.2) is 33.8 Å². The summed E-state index contributed by atoms with van der Waals surface area (Å²) < 4.78 is 0. The van der Waals surface area contributed by atoms with Gasteiger partial charge >= 0.3 is 5.97 Å². The number of hydrogen-bond acceptors (Lipinski definition) is 3. The number of carboxylic acids is 1. The van der Waals surface area contributed by atoms with E-state index in [9.17, 15) is 14.4 Å². The Labute approximate surface area is 99.8 Å². The van der Waals surface area contributed by atoms with Gasteiger partial charge in [-0.1, -0.05) is 6.92 Å². The van der Waals surface area contributed by atoms with Crippen LogP contribution in [0.15, 0.2) is 0 Å². The lowest BCUT2D eigenvalue weighted by atomic mass is 9.85. The monoisotopic (exact) mass is 239 g/mol. The van der Waals surface area contributed by atoms with Crippen molar-refractivity contribution >= 4 is 17.8 Å². The van der Waals surface area contributed by atoms with Crippen molar-refractivity contribution in [2.24, 2.45) is 11.8 Å². The minimum absolute atomic E-state index is 0.0736. The van der Waals surface area contributed by atoms with Gasteiger partial charge in [0.15, 0.2) is 0 Å². The molecule has 17 heavy (non-hydrogen) atoms. The van der Waals surface area contributed by atoms with Gasteiger partial charge in [0, 0.05) is 18.4 Å². The minimum Gasteiger partial charge on any atom is -0.481 e. The van der Waals surface area contributed by atoms with Gasteiger partial charge < -0.3 is 5.11 Å². The maximum Gasteiger partial charge on any atom is 0.306 e. The summed E-state index contributed by atoms with van der Waals surface area (Å²) in [4.78, 5) is 35.7. The van der Waals surface area contributed by atoms with Gasteiger partial charge in [-0.25, -0.2) is 0 Å². The third-order valence-electron chi connectivity index (χ3n) is 3.82. The van der Waals surface area contributed by atoms with Crippen molar-refractivity contribution in [1.29, 1.82) is 0 Å². The summed E-state index contributed by atoms with van der Waals surface area (Å²) in [5.74, 6) is -1.47. The molecule has 1 N–H and O–H groups in total. The molecule has 2 aliphatic rings. The minimum atomic E-state index is -0.768. The molecular weight excluding hydrogens is 222 g/mol. The van der Waals surface area contributed by atoms with Gasteiger partial charge in [0.1, 0.15) is 0 Å². The van der Waals surface area contributed by atoms with Crippen molar-refractivity contribution in [3.8, 4) is 0 Å². The Hall–Kier alpha value is -1.39. The Bertz CT molecular complexity index is 358. The third-order valence-corrected chi connectivity index (χ3v) is 3.82. The lowest BCUT2D eigenvalue weighted by Crippen LogP contribution is -2.42. The molecule has 1 aliphatic heterocycles. The molecule has 1 atom stereocenters. The molecule has 0 radical (unpaired) electrons. The van der Waals surface area contributed by atoms with Crippen LogP contribution in [0, 0.1) is 11.8 Å². The first kappa shape index (κ1) is 12.1. The summed E-state index contributed by atoms with van der Waals surface area (Å²) >= 11 is 0. The van der Waals surface area contributed by atoms with Crippen LogP contribution in [0.2, 0.25) is 0 Å². The molecule has 0 spiro atoms. The highest BCUT2D eigenvalue weighted by molar-refractivity contribution is 6.03. The SMILES string of the molecule is CC1CC(=O)N(C2CCC(C(=O)O)CC2)C1=O. The smallest absolute Gasteiger partial charge is 0.306 e. The predicted molar refractivity (Wildman–Crippen MR) is 59.0 cm³/mol. The highest BCUT2D eigenvalue weighted by Gasteiger charge is 2.41. The van der Waals surface area contributed by atoms with E-state index in [1.165, 1.54) is 4.90 Å². The number of carboxylic acid groups (broad SMARTS) is 1. The van der Waals surface area contributed by atoms with Crippen molar-refractivity contribution in [2.45, 2.75) is 45.1 Å². The van der Waals surface area contributed by atoms with Gasteiger partial charge in [0.25, 0.3) is 0 Å². The molecule has 1 heterocycles. The molecule has 0 aromatic heterocycles. The van der Waals surface area contributed by atoms with E-state index in [0.29, 0.717) is 32.1 Å². The van der Waals surface area contributed by atoms with Gasteiger partial charge in [0.05, 0.1) is 5.92 Å². The van der Waals surface area contributed by atoms with Crippen LogP contribution in [0.25, 0.3) is 0 Å². The van der Waals surface area contributed by atoms with E-state index in [4.69, 9.17) is 5.11 Å². The van der Waals surface area contributed by atoms with Crippen molar-refractivity contribution < 1.29 is 19.5 Å². The van der Waals surface area contributed by atoms with E-state index in [2.05, 4.69) is 0 Å². The van der Waals surface area contributed by atoms with Gasteiger partial charge in [-0.2, -0.15) is 0 Å². The van der Waals surface area contributed by atoms with Crippen LogP contribution in [-0.2, 0) is 14.4 Å². The molecule has 0 aromatic carbocycles. The van der Waals surface area contributed by atoms with Gasteiger partial charge in [0.2, 0.25) is 11.8 Å². The van der Waals surface area contributed by atoms with Crippen LogP contribution >= 0.6 is 0 Å². The zero-order valence-corrected chi connectivity index (χ0v) is 9.89. The van der Waals surface area contributed by atoms with Crippen molar-refractivity contribution in [3.05, 3.63) is 0 Å². The number of carbonyl (C=O) groups excluding carboxylic acids is 2. The first-order chi connectivity index (χ1) is 8.00. The van der Waals surface area contributed by atoms with E-state index in [0.717, 1.165) is 0 Å². The predicted octanol–water partition coefficient (Wildman–Crippen LogP) is 1.02. The summed E-state index contributed by atoms with van der Waals surface area (Å²) in [6.45, 7) is 1.77. The van der Waals surface area contributed by atoms with E-state index in [1.807, 2.05) is 0 Å². The molecule has 2 amide bonds. The molecule has 1 saturated carbocycles. The van der Waals surface area contributed by atoms with Crippen LogP contribution in [0.1, 0.15) is 39.0 Å². The molecule has 1 unspecified atom stereocenters. The Kier molecular flexibility index (Phi) is 3.17. The highest BCUT2D eigenvalue weighted by atomic mass is 16.4. The van der Waals surface area contributed by atoms with Gasteiger partial charge in [-0.05, 0) is 25.7 Å². The summed E-state index contributed by atoms with van der Waals surface area (Å²) in [6.07, 6.45) is 2.68. The van der Waals surface area contributed by atoms with E-state index >= 15 is 0 Å². The second-order valence-electron chi connectivity index (χ2n) is 5.05. The quantitative estimate of drug-likeness (QED) is 0.730. The fraction of sp³-hybridized carbons (Fsp3) is 0.750. The Morgan fingerprint density at radius 3 is 2.24 bits per heavy atom. The number of rotatable bonds is 2. The fourth-order valence-corrected chi connectivity index (χ4v) is 2.77. The number of imide groups is 1. The first-order valence-electron chi connectivity index (χ1n) is 6.09. The lowest BCUT2D eigenvalue weighted by Gasteiger charge is -2.32. The summed E-state index contributed by atoms with van der Waals surface area (Å²) in [5, 5.41) is 8.89. The molecular formula is C12H17NO4. The Morgan fingerprint density at radius 1 is 1.24 bits per heavy atom. The normalized spacial score (nSPS) is 34.2. The summed E-state index contributed by atoms with van der Waals surface area (Å²) in [7, 11) is 0. The summed E-state index contributed by atoms with van der Waals surface area (Å²) in [6, 6.07) is -0.0736. The second-order valence-corrected chi connectivity index (χ2v) is 5.05. The zero-order chi connectivity index (χ0) is 12.6. The highest BCUT2D eigenvalue weighted by Crippen LogP contribution is 2.32. The second kappa shape index (κ2) is 4.47. The molecule has 5 nitrogen and oxygen atoms in total. The van der Waals surface area contributed by atoms with Crippen LogP contribution < -0.4 is 0 Å². The molecule has 94 valence electrons. The molecule has 0 aromatic rings. The standard InChI is InChI=1S/C12H17NO4/c1-7-6-10(14)13(11(7)15)9-4-2-8(3-5-9)12(16)17/h7-9H,2-6H2,1H3,(H,16,17).